The molecule has 1 aliphatic rings. The monoisotopic (exact) mass is 477 g/mol. The van der Waals surface area contributed by atoms with E-state index in [2.05, 4.69) is 10.5 Å². The Hall–Kier alpha value is -4.14. The second-order valence-electron chi connectivity index (χ2n) is 8.62. The Morgan fingerprint density at radius 2 is 1.69 bits per heavy atom. The molecule has 0 saturated carbocycles. The summed E-state index contributed by atoms with van der Waals surface area (Å²) < 4.78 is 10.6. The third kappa shape index (κ3) is 5.03. The van der Waals surface area contributed by atoms with Crippen LogP contribution < -0.4 is 5.32 Å². The predicted molar refractivity (Wildman–Crippen MR) is 127 cm³/mol. The number of ether oxygens (including phenoxy) is 1. The number of nitrogens with zero attached hydrogens (tertiary/aromatic N) is 2. The molecule has 0 aliphatic heterocycles. The second kappa shape index (κ2) is 10.0. The number of aliphatic carboxylic acids is 1. The molecule has 0 spiro atoms. The maximum atomic E-state index is 13.0. The van der Waals surface area contributed by atoms with Crippen LogP contribution in [0.5, 0.6) is 0 Å². The third-order valence-corrected chi connectivity index (χ3v) is 6.27. The van der Waals surface area contributed by atoms with Crippen LogP contribution in [0, 0.1) is 13.8 Å². The first kappa shape index (κ1) is 24.0. The predicted octanol–water partition coefficient (Wildman–Crippen LogP) is 3.63. The molecule has 9 heteroatoms. The van der Waals surface area contributed by atoms with Crippen molar-refractivity contribution >= 4 is 18.0 Å². The van der Waals surface area contributed by atoms with Crippen LogP contribution in [0.1, 0.15) is 40.5 Å². The summed E-state index contributed by atoms with van der Waals surface area (Å²) in [6.07, 6.45) is -1.42. The molecule has 4 rings (SSSR count). The van der Waals surface area contributed by atoms with E-state index in [1.165, 1.54) is 11.9 Å². The molecule has 1 heterocycles. The molecule has 1 aliphatic carbocycles. The first-order chi connectivity index (χ1) is 16.8. The number of hydrogen-bond donors (Lipinski definition) is 2. The van der Waals surface area contributed by atoms with E-state index in [4.69, 9.17) is 9.26 Å². The summed E-state index contributed by atoms with van der Waals surface area (Å²) in [4.78, 5) is 38.4. The lowest BCUT2D eigenvalue weighted by Gasteiger charge is -2.24. The number of rotatable bonds is 8. The lowest BCUT2D eigenvalue weighted by molar-refractivity contribution is -0.142. The number of amides is 2. The van der Waals surface area contributed by atoms with Crippen molar-refractivity contribution < 1.29 is 28.8 Å². The molecule has 1 aromatic heterocycles. The zero-order valence-electron chi connectivity index (χ0n) is 19.8. The highest BCUT2D eigenvalue weighted by Gasteiger charge is 2.31. The molecule has 3 aromatic rings. The number of nitrogens with one attached hydrogen (secondary N) is 1. The number of carbonyl (C=O) groups is 3. The topological polar surface area (TPSA) is 122 Å². The molecular formula is C26H27N3O6. The van der Waals surface area contributed by atoms with Gasteiger partial charge in [0, 0.05) is 18.5 Å². The van der Waals surface area contributed by atoms with Crippen LogP contribution in [0.15, 0.2) is 53.1 Å². The Balaban J connectivity index is 1.43. The summed E-state index contributed by atoms with van der Waals surface area (Å²) in [6, 6.07) is 14.6. The van der Waals surface area contributed by atoms with Gasteiger partial charge < -0.3 is 24.6 Å². The summed E-state index contributed by atoms with van der Waals surface area (Å²) in [5.74, 6) is -1.35. The number of carboxylic acid groups (broad SMARTS) is 1. The van der Waals surface area contributed by atoms with Gasteiger partial charge in [0.25, 0.3) is 0 Å². The minimum absolute atomic E-state index is 0.0583. The summed E-state index contributed by atoms with van der Waals surface area (Å²) in [7, 11) is 1.53. The zero-order valence-corrected chi connectivity index (χ0v) is 19.8. The molecule has 0 bridgehead atoms. The molecule has 1 atom stereocenters. The van der Waals surface area contributed by atoms with E-state index in [-0.39, 0.29) is 19.1 Å². The fraction of sp³-hybridized carbons (Fsp3) is 0.308. The molecule has 182 valence electrons. The van der Waals surface area contributed by atoms with Gasteiger partial charge in [0.15, 0.2) is 0 Å². The fourth-order valence-corrected chi connectivity index (χ4v) is 4.47. The van der Waals surface area contributed by atoms with Crippen molar-refractivity contribution in [1.29, 1.82) is 0 Å². The number of fused-ring (bicyclic) bond motifs is 3. The Kier molecular flexibility index (Phi) is 6.86. The minimum atomic E-state index is -1.28. The summed E-state index contributed by atoms with van der Waals surface area (Å²) in [5.41, 5.74) is 5.67. The van der Waals surface area contributed by atoms with E-state index in [1.807, 2.05) is 48.5 Å². The van der Waals surface area contributed by atoms with Crippen LogP contribution in [0.25, 0.3) is 11.1 Å². The SMILES string of the molecule is Cc1noc(C)c1CN(C)C(=O)C(CC(=O)O)NC(=O)OCC1c2ccccc2-c2ccccc21. The fourth-order valence-electron chi connectivity index (χ4n) is 4.47. The Labute approximate surface area is 202 Å². The highest BCUT2D eigenvalue weighted by Crippen LogP contribution is 2.44. The van der Waals surface area contributed by atoms with Crippen LogP contribution in [0.2, 0.25) is 0 Å². The first-order valence-corrected chi connectivity index (χ1v) is 11.3. The number of alkyl carbamates (subject to hydrolysis) is 1. The van der Waals surface area contributed by atoms with Gasteiger partial charge in [-0.3, -0.25) is 9.59 Å². The number of carboxylic acids is 1. The molecule has 0 fully saturated rings. The van der Waals surface area contributed by atoms with Gasteiger partial charge in [-0.05, 0) is 36.1 Å². The van der Waals surface area contributed by atoms with Crippen molar-refractivity contribution in [3.8, 4) is 11.1 Å². The van der Waals surface area contributed by atoms with E-state index in [0.717, 1.165) is 27.8 Å². The highest BCUT2D eigenvalue weighted by atomic mass is 16.5. The maximum Gasteiger partial charge on any atom is 0.407 e. The van der Waals surface area contributed by atoms with Gasteiger partial charge in [0.1, 0.15) is 18.4 Å². The van der Waals surface area contributed by atoms with E-state index in [9.17, 15) is 19.5 Å². The number of likely N-dealkylation sites (N-methyl/N-ethyl adjacent to an activating group) is 1. The summed E-state index contributed by atoms with van der Waals surface area (Å²) in [5, 5.41) is 15.6. The van der Waals surface area contributed by atoms with Gasteiger partial charge in [0.05, 0.1) is 18.7 Å². The minimum Gasteiger partial charge on any atom is -0.481 e. The lowest BCUT2D eigenvalue weighted by atomic mass is 9.98. The van der Waals surface area contributed by atoms with E-state index in [0.29, 0.717) is 11.5 Å². The van der Waals surface area contributed by atoms with Crippen molar-refractivity contribution in [2.45, 2.75) is 38.8 Å². The van der Waals surface area contributed by atoms with Crippen LogP contribution in [0.4, 0.5) is 4.79 Å². The molecule has 0 radical (unpaired) electrons. The summed E-state index contributed by atoms with van der Waals surface area (Å²) >= 11 is 0. The molecule has 1 unspecified atom stereocenters. The molecule has 35 heavy (non-hydrogen) atoms. The Morgan fingerprint density at radius 1 is 1.09 bits per heavy atom. The quantitative estimate of drug-likeness (QED) is 0.508. The molecule has 0 saturated heterocycles. The average Bonchev–Trinajstić information content (AvgIpc) is 3.33. The molecule has 2 aromatic carbocycles. The Morgan fingerprint density at radius 3 is 2.23 bits per heavy atom. The smallest absolute Gasteiger partial charge is 0.407 e. The van der Waals surface area contributed by atoms with Gasteiger partial charge in [-0.15, -0.1) is 0 Å². The third-order valence-electron chi connectivity index (χ3n) is 6.27. The van der Waals surface area contributed by atoms with Gasteiger partial charge in [-0.1, -0.05) is 53.7 Å². The van der Waals surface area contributed by atoms with E-state index < -0.39 is 30.4 Å². The van der Waals surface area contributed by atoms with Crippen molar-refractivity contribution in [2.24, 2.45) is 0 Å². The van der Waals surface area contributed by atoms with Crippen molar-refractivity contribution in [1.82, 2.24) is 15.4 Å². The molecule has 2 N–H and O–H groups in total. The Bertz CT molecular complexity index is 1200. The molecular weight excluding hydrogens is 450 g/mol. The normalized spacial score (nSPS) is 13.0. The molecule has 2 amide bonds. The van der Waals surface area contributed by atoms with Crippen molar-refractivity contribution in [2.75, 3.05) is 13.7 Å². The summed E-state index contributed by atoms with van der Waals surface area (Å²) in [6.45, 7) is 3.72. The van der Waals surface area contributed by atoms with E-state index >= 15 is 0 Å². The number of aryl methyl sites for hydroxylation is 2. The van der Waals surface area contributed by atoms with Crippen molar-refractivity contribution in [3.63, 3.8) is 0 Å². The average molecular weight is 478 g/mol. The highest BCUT2D eigenvalue weighted by molar-refractivity contribution is 5.89. The standard InChI is InChI=1S/C26H27N3O6/c1-15-21(16(2)35-28-15)13-29(3)25(32)23(12-24(30)31)27-26(33)34-14-22-19-10-6-4-8-17(19)18-9-5-7-11-20(18)22/h4-11,22-23H,12-14H2,1-3H3,(H,27,33)(H,30,31). The molecule has 9 nitrogen and oxygen atoms in total. The number of hydrogen-bond acceptors (Lipinski definition) is 6. The number of carbonyl (C=O) groups excluding carboxylic acids is 2. The van der Waals surface area contributed by atoms with Crippen LogP contribution in [0.3, 0.4) is 0 Å². The zero-order chi connectivity index (χ0) is 25.1. The van der Waals surface area contributed by atoms with E-state index in [1.54, 1.807) is 13.8 Å². The van der Waals surface area contributed by atoms with Gasteiger partial charge in [-0.2, -0.15) is 0 Å². The van der Waals surface area contributed by atoms with Crippen LogP contribution >= 0.6 is 0 Å². The lowest BCUT2D eigenvalue weighted by Crippen LogP contribution is -2.48. The second-order valence-corrected chi connectivity index (χ2v) is 8.62. The van der Waals surface area contributed by atoms with Gasteiger partial charge >= 0.3 is 12.1 Å². The van der Waals surface area contributed by atoms with Crippen LogP contribution in [-0.2, 0) is 20.9 Å². The maximum absolute atomic E-state index is 13.0. The number of benzene rings is 2. The first-order valence-electron chi connectivity index (χ1n) is 11.3. The van der Waals surface area contributed by atoms with Crippen molar-refractivity contribution in [3.05, 3.63) is 76.7 Å². The van der Waals surface area contributed by atoms with Gasteiger partial charge in [0.2, 0.25) is 5.91 Å². The van der Waals surface area contributed by atoms with Gasteiger partial charge in [-0.25, -0.2) is 4.79 Å². The van der Waals surface area contributed by atoms with Crippen LogP contribution in [-0.4, -0.2) is 52.8 Å². The largest absolute Gasteiger partial charge is 0.481 e. The number of aromatic nitrogens is 1.